The molecule has 0 bridgehead atoms. The van der Waals surface area contributed by atoms with E-state index in [1.807, 2.05) is 0 Å². The number of ether oxygens (including phenoxy) is 1. The van der Waals surface area contributed by atoms with Crippen LogP contribution in [-0.4, -0.2) is 41.9 Å². The van der Waals surface area contributed by atoms with Crippen molar-refractivity contribution in [2.75, 3.05) is 20.2 Å². The summed E-state index contributed by atoms with van der Waals surface area (Å²) in [5, 5.41) is 10.2. The predicted molar refractivity (Wildman–Crippen MR) is 98.4 cm³/mol. The fourth-order valence-corrected chi connectivity index (χ4v) is 3.39. The topological polar surface area (TPSA) is 66.8 Å². The van der Waals surface area contributed by atoms with Crippen LogP contribution in [0, 0.1) is 11.7 Å². The molecule has 0 atom stereocenters. The quantitative estimate of drug-likeness (QED) is 0.820. The van der Waals surface area contributed by atoms with Crippen molar-refractivity contribution in [3.63, 3.8) is 0 Å². The zero-order valence-corrected chi connectivity index (χ0v) is 15.2. The summed E-state index contributed by atoms with van der Waals surface area (Å²) in [5.74, 6) is -0.592. The van der Waals surface area contributed by atoms with Crippen LogP contribution in [0.25, 0.3) is 0 Å². The largest absolute Gasteiger partial charge is 0.504 e. The molecule has 1 saturated heterocycles. The lowest BCUT2D eigenvalue weighted by Gasteiger charge is -2.31. The van der Waals surface area contributed by atoms with E-state index in [0.717, 1.165) is 5.56 Å². The van der Waals surface area contributed by atoms with Crippen molar-refractivity contribution in [2.24, 2.45) is 5.92 Å². The number of carbonyl (C=O) groups excluding carboxylic acids is 2. The summed E-state index contributed by atoms with van der Waals surface area (Å²) in [7, 11) is 1.44. The maximum absolute atomic E-state index is 13.0. The summed E-state index contributed by atoms with van der Waals surface area (Å²) in [6.07, 6.45) is 1.31. The first-order valence-corrected chi connectivity index (χ1v) is 8.92. The number of benzene rings is 2. The van der Waals surface area contributed by atoms with Gasteiger partial charge in [0.2, 0.25) is 5.91 Å². The molecule has 142 valence electrons. The van der Waals surface area contributed by atoms with Crippen molar-refractivity contribution in [1.29, 1.82) is 0 Å². The predicted octanol–water partition coefficient (Wildman–Crippen LogP) is 3.20. The molecular formula is C21H22FNO4. The van der Waals surface area contributed by atoms with E-state index in [1.54, 1.807) is 35.2 Å². The van der Waals surface area contributed by atoms with E-state index < -0.39 is 0 Å². The van der Waals surface area contributed by atoms with Gasteiger partial charge in [0.1, 0.15) is 5.82 Å². The van der Waals surface area contributed by atoms with E-state index in [4.69, 9.17) is 4.74 Å². The minimum absolute atomic E-state index is 0.0308. The van der Waals surface area contributed by atoms with Crippen LogP contribution in [0.4, 0.5) is 4.39 Å². The maximum Gasteiger partial charge on any atom is 0.226 e. The van der Waals surface area contributed by atoms with Crippen molar-refractivity contribution in [3.8, 4) is 11.5 Å². The Bertz CT molecular complexity index is 827. The van der Waals surface area contributed by atoms with Crippen LogP contribution in [-0.2, 0) is 11.2 Å². The van der Waals surface area contributed by atoms with Gasteiger partial charge in [-0.15, -0.1) is 0 Å². The summed E-state index contributed by atoms with van der Waals surface area (Å²) < 4.78 is 18.0. The van der Waals surface area contributed by atoms with Crippen molar-refractivity contribution in [1.82, 2.24) is 4.90 Å². The Morgan fingerprint density at radius 3 is 2.44 bits per heavy atom. The van der Waals surface area contributed by atoms with Crippen molar-refractivity contribution < 1.29 is 23.8 Å². The number of methoxy groups -OCH3 is 1. The molecule has 1 fully saturated rings. The van der Waals surface area contributed by atoms with Crippen molar-refractivity contribution in [2.45, 2.75) is 19.3 Å². The number of para-hydroxylation sites is 1. The second-order valence-electron chi connectivity index (χ2n) is 6.68. The average molecular weight is 371 g/mol. The lowest BCUT2D eigenvalue weighted by atomic mass is 9.88. The Morgan fingerprint density at radius 2 is 1.81 bits per heavy atom. The van der Waals surface area contributed by atoms with E-state index in [9.17, 15) is 19.1 Å². The lowest BCUT2D eigenvalue weighted by Crippen LogP contribution is -2.41. The Labute approximate surface area is 157 Å². The van der Waals surface area contributed by atoms with Crippen LogP contribution in [0.15, 0.2) is 42.5 Å². The number of likely N-dealkylation sites (tertiary alicyclic amines) is 1. The molecule has 1 aliphatic rings. The Hall–Kier alpha value is -2.89. The fraction of sp³-hybridized carbons (Fsp3) is 0.333. The molecule has 1 heterocycles. The number of phenols is 1. The monoisotopic (exact) mass is 371 g/mol. The third kappa shape index (κ3) is 4.27. The standard InChI is InChI=1S/C21H22FNO4/c1-27-18-4-2-3-17(21(18)26)20(25)15-9-11-23(12-10-15)19(24)13-14-5-7-16(22)8-6-14/h2-8,15,26H,9-13H2,1H3. The minimum atomic E-state index is -0.327. The van der Waals surface area contributed by atoms with Gasteiger partial charge in [-0.3, -0.25) is 9.59 Å². The number of hydrogen-bond acceptors (Lipinski definition) is 4. The number of hydrogen-bond donors (Lipinski definition) is 1. The highest BCUT2D eigenvalue weighted by atomic mass is 19.1. The molecule has 1 amide bonds. The third-order valence-electron chi connectivity index (χ3n) is 4.97. The van der Waals surface area contributed by atoms with Gasteiger partial charge in [-0.1, -0.05) is 18.2 Å². The Kier molecular flexibility index (Phi) is 5.74. The molecule has 2 aromatic rings. The first-order chi connectivity index (χ1) is 13.0. The highest BCUT2D eigenvalue weighted by Gasteiger charge is 2.29. The average Bonchev–Trinajstić information content (AvgIpc) is 2.69. The number of amides is 1. The van der Waals surface area contributed by atoms with Crippen LogP contribution in [0.1, 0.15) is 28.8 Å². The highest BCUT2D eigenvalue weighted by Crippen LogP contribution is 2.33. The summed E-state index contributed by atoms with van der Waals surface area (Å²) in [6.45, 7) is 0.975. The molecule has 0 radical (unpaired) electrons. The summed E-state index contributed by atoms with van der Waals surface area (Å²) in [6, 6.07) is 10.8. The van der Waals surface area contributed by atoms with Gasteiger partial charge < -0.3 is 14.7 Å². The number of Topliss-reactive ketones (excluding diaryl/α,β-unsaturated/α-hetero) is 1. The van der Waals surface area contributed by atoms with Crippen molar-refractivity contribution >= 4 is 11.7 Å². The molecule has 6 heteroatoms. The van der Waals surface area contributed by atoms with Gasteiger partial charge in [-0.05, 0) is 42.7 Å². The van der Waals surface area contributed by atoms with Crippen molar-refractivity contribution in [3.05, 3.63) is 59.4 Å². The van der Waals surface area contributed by atoms with E-state index >= 15 is 0 Å². The maximum atomic E-state index is 13.0. The van der Waals surface area contributed by atoms with Crippen LogP contribution < -0.4 is 4.74 Å². The van der Waals surface area contributed by atoms with Gasteiger partial charge in [0.05, 0.1) is 19.1 Å². The number of phenolic OH excluding ortho intramolecular Hbond substituents is 1. The zero-order valence-electron chi connectivity index (χ0n) is 15.2. The molecule has 3 rings (SSSR count). The second-order valence-corrected chi connectivity index (χ2v) is 6.68. The minimum Gasteiger partial charge on any atom is -0.504 e. The van der Waals surface area contributed by atoms with Gasteiger partial charge in [-0.2, -0.15) is 0 Å². The van der Waals surface area contributed by atoms with Gasteiger partial charge >= 0.3 is 0 Å². The molecule has 1 N–H and O–H groups in total. The van der Waals surface area contributed by atoms with Crippen LogP contribution >= 0.6 is 0 Å². The molecule has 5 nitrogen and oxygen atoms in total. The highest BCUT2D eigenvalue weighted by molar-refractivity contribution is 6.01. The van der Waals surface area contributed by atoms with Gasteiger partial charge in [-0.25, -0.2) is 4.39 Å². The number of ketones is 1. The van der Waals surface area contributed by atoms with Crippen LogP contribution in [0.2, 0.25) is 0 Å². The third-order valence-corrected chi connectivity index (χ3v) is 4.97. The number of nitrogens with zero attached hydrogens (tertiary/aromatic N) is 1. The smallest absolute Gasteiger partial charge is 0.226 e. The molecule has 2 aromatic carbocycles. The van der Waals surface area contributed by atoms with Gasteiger partial charge in [0.15, 0.2) is 17.3 Å². The number of rotatable bonds is 5. The zero-order chi connectivity index (χ0) is 19.4. The molecule has 1 aliphatic heterocycles. The second kappa shape index (κ2) is 8.20. The first-order valence-electron chi connectivity index (χ1n) is 8.92. The van der Waals surface area contributed by atoms with E-state index in [0.29, 0.717) is 25.9 Å². The Morgan fingerprint density at radius 1 is 1.15 bits per heavy atom. The lowest BCUT2D eigenvalue weighted by molar-refractivity contribution is -0.131. The van der Waals surface area contributed by atoms with Gasteiger partial charge in [0.25, 0.3) is 0 Å². The SMILES string of the molecule is COc1cccc(C(=O)C2CCN(C(=O)Cc3ccc(F)cc3)CC2)c1O. The van der Waals surface area contributed by atoms with Gasteiger partial charge in [0, 0.05) is 19.0 Å². The Balaban J connectivity index is 1.59. The number of aromatic hydroxyl groups is 1. The molecule has 27 heavy (non-hydrogen) atoms. The number of halogens is 1. The molecule has 0 saturated carbocycles. The summed E-state index contributed by atoms with van der Waals surface area (Å²) in [5.41, 5.74) is 1.02. The molecule has 0 aromatic heterocycles. The summed E-state index contributed by atoms with van der Waals surface area (Å²) >= 11 is 0. The summed E-state index contributed by atoms with van der Waals surface area (Å²) in [4.78, 5) is 26.9. The number of carbonyl (C=O) groups is 2. The molecule has 0 spiro atoms. The number of piperidine rings is 1. The van der Waals surface area contributed by atoms with E-state index in [-0.39, 0.29) is 46.9 Å². The van der Waals surface area contributed by atoms with Crippen LogP contribution in [0.5, 0.6) is 11.5 Å². The van der Waals surface area contributed by atoms with E-state index in [1.165, 1.54) is 19.2 Å². The van der Waals surface area contributed by atoms with Crippen LogP contribution in [0.3, 0.4) is 0 Å². The fourth-order valence-electron chi connectivity index (χ4n) is 3.39. The normalized spacial score (nSPS) is 14.8. The van der Waals surface area contributed by atoms with E-state index in [2.05, 4.69) is 0 Å². The molecule has 0 aliphatic carbocycles. The first kappa shape index (κ1) is 18.9. The molecule has 0 unspecified atom stereocenters. The molecular weight excluding hydrogens is 349 g/mol.